The van der Waals surface area contributed by atoms with E-state index in [0.29, 0.717) is 5.92 Å². The number of para-hydroxylation sites is 2. The molecule has 2 atom stereocenters. The molecule has 2 unspecified atom stereocenters. The van der Waals surface area contributed by atoms with Gasteiger partial charge in [0.05, 0.1) is 16.7 Å². The van der Waals surface area contributed by atoms with Crippen molar-refractivity contribution in [2.45, 2.75) is 69.6 Å². The number of hydrogen-bond acceptors (Lipinski definition) is 1. The molecule has 0 saturated carbocycles. The highest BCUT2D eigenvalue weighted by Gasteiger charge is 2.39. The number of fused-ring (bicyclic) bond motifs is 9. The van der Waals surface area contributed by atoms with E-state index in [1.807, 2.05) is 6.08 Å². The van der Waals surface area contributed by atoms with Crippen molar-refractivity contribution >= 4 is 44.4 Å². The van der Waals surface area contributed by atoms with Crippen LogP contribution in [0.5, 0.6) is 0 Å². The van der Waals surface area contributed by atoms with Gasteiger partial charge in [0, 0.05) is 56.9 Å². The molecule has 1 aromatic heterocycles. The van der Waals surface area contributed by atoms with Crippen LogP contribution in [0.15, 0.2) is 206 Å². The van der Waals surface area contributed by atoms with Gasteiger partial charge < -0.3 is 9.47 Å². The minimum absolute atomic E-state index is 0.0605. The van der Waals surface area contributed by atoms with Crippen LogP contribution in [0, 0.1) is 11.8 Å². The van der Waals surface area contributed by atoms with Crippen LogP contribution in [-0.2, 0) is 10.8 Å². The summed E-state index contributed by atoms with van der Waals surface area (Å²) in [5, 5.41) is 2.58. The first-order chi connectivity index (χ1) is 33.8. The predicted molar refractivity (Wildman–Crippen MR) is 290 cm³/mol. The number of hydrogen-bond donors (Lipinski definition) is 0. The van der Waals surface area contributed by atoms with Crippen molar-refractivity contribution in [3.63, 3.8) is 0 Å². The standard InChI is InChI=1S/C67H54N2/c1-66(2)58-27-12-9-24-53(58)56-43-50(39-40-60(56)66)68(49-37-34-46(35-38-49)44-18-6-5-7-19-44)61-29-14-10-22-51(61)47-21-16-20-45(32-33-47)48-36-41-63-57(42-48)54-25-11-15-30-62(54)69(63)64-31-17-26-55-52-23-8-13-28-59(52)67(3,4)65(55)64/h6,8-18,20-31,34-44,47H,19,32-33H2,1-4H3. The van der Waals surface area contributed by atoms with Gasteiger partial charge in [-0.15, -0.1) is 0 Å². The summed E-state index contributed by atoms with van der Waals surface area (Å²) in [7, 11) is 0. The highest BCUT2D eigenvalue weighted by molar-refractivity contribution is 6.10. The van der Waals surface area contributed by atoms with Crippen LogP contribution < -0.4 is 4.90 Å². The van der Waals surface area contributed by atoms with Crippen molar-refractivity contribution in [3.8, 4) is 39.8 Å². The highest BCUT2D eigenvalue weighted by atomic mass is 15.1. The second kappa shape index (κ2) is 15.9. The quantitative estimate of drug-likeness (QED) is 0.145. The lowest BCUT2D eigenvalue weighted by atomic mass is 9.81. The van der Waals surface area contributed by atoms with Gasteiger partial charge in [-0.25, -0.2) is 0 Å². The van der Waals surface area contributed by atoms with E-state index >= 15 is 0 Å². The Labute approximate surface area is 406 Å². The SMILES string of the molecule is CC1(C)c2ccccc2-c2cc(N(c3ccc(C4C=CC#CC4)cc3)c3ccccc3C3C=CC=C(c4ccc5c(c4)c4ccccc4n5-c4cccc5c4C(C)(C)c4ccccc4-5)CC3)ccc21. The van der Waals surface area contributed by atoms with Crippen molar-refractivity contribution < 1.29 is 0 Å². The largest absolute Gasteiger partial charge is 0.310 e. The van der Waals surface area contributed by atoms with Gasteiger partial charge in [0.2, 0.25) is 0 Å². The number of allylic oxidation sites excluding steroid dienone is 6. The third kappa shape index (κ3) is 6.48. The monoisotopic (exact) mass is 886 g/mol. The summed E-state index contributed by atoms with van der Waals surface area (Å²) in [5.74, 6) is 6.95. The smallest absolute Gasteiger partial charge is 0.0541 e. The van der Waals surface area contributed by atoms with Crippen molar-refractivity contribution in [1.29, 1.82) is 0 Å². The molecule has 0 N–H and O–H groups in total. The molecule has 69 heavy (non-hydrogen) atoms. The van der Waals surface area contributed by atoms with E-state index in [4.69, 9.17) is 0 Å². The lowest BCUT2D eigenvalue weighted by Gasteiger charge is -2.31. The Kier molecular flexibility index (Phi) is 9.51. The van der Waals surface area contributed by atoms with Crippen LogP contribution in [0.25, 0.3) is 55.3 Å². The maximum atomic E-state index is 3.30. The van der Waals surface area contributed by atoms with Crippen molar-refractivity contribution in [2.24, 2.45) is 0 Å². The van der Waals surface area contributed by atoms with E-state index in [9.17, 15) is 0 Å². The van der Waals surface area contributed by atoms with Crippen molar-refractivity contribution in [1.82, 2.24) is 4.57 Å². The van der Waals surface area contributed by atoms with Crippen LogP contribution in [0.1, 0.15) is 97.7 Å². The zero-order valence-corrected chi connectivity index (χ0v) is 39.8. The first-order valence-corrected chi connectivity index (χ1v) is 24.8. The molecular weight excluding hydrogens is 833 g/mol. The number of nitrogens with zero attached hydrogens (tertiary/aromatic N) is 2. The molecule has 0 saturated heterocycles. The molecule has 0 spiro atoms. The molecule has 0 bridgehead atoms. The Morgan fingerprint density at radius 2 is 1.25 bits per heavy atom. The summed E-state index contributed by atoms with van der Waals surface area (Å²) in [4.78, 5) is 2.50. The molecule has 2 heteroatoms. The minimum atomic E-state index is -0.124. The van der Waals surface area contributed by atoms with E-state index in [0.717, 1.165) is 24.9 Å². The molecule has 4 aliphatic carbocycles. The lowest BCUT2D eigenvalue weighted by Crippen LogP contribution is -2.18. The third-order valence-electron chi connectivity index (χ3n) is 16.0. The van der Waals surface area contributed by atoms with Crippen LogP contribution >= 0.6 is 0 Å². The molecule has 1 heterocycles. The van der Waals surface area contributed by atoms with Gasteiger partial charge in [0.1, 0.15) is 0 Å². The predicted octanol–water partition coefficient (Wildman–Crippen LogP) is 17.4. The molecule has 0 amide bonds. The van der Waals surface area contributed by atoms with Crippen LogP contribution in [0.2, 0.25) is 0 Å². The fourth-order valence-corrected chi connectivity index (χ4v) is 12.6. The minimum Gasteiger partial charge on any atom is -0.310 e. The Morgan fingerprint density at radius 1 is 0.551 bits per heavy atom. The summed E-state index contributed by atoms with van der Waals surface area (Å²) in [6.07, 6.45) is 14.2. The van der Waals surface area contributed by atoms with Gasteiger partial charge >= 0.3 is 0 Å². The van der Waals surface area contributed by atoms with Crippen molar-refractivity contribution in [2.75, 3.05) is 4.90 Å². The van der Waals surface area contributed by atoms with Crippen LogP contribution in [-0.4, -0.2) is 4.57 Å². The normalized spacial score (nSPS) is 17.9. The summed E-state index contributed by atoms with van der Waals surface area (Å²) >= 11 is 0. The number of rotatable bonds is 7. The Bertz CT molecular complexity index is 3720. The maximum Gasteiger partial charge on any atom is 0.0541 e. The molecule has 9 aromatic rings. The second-order valence-corrected chi connectivity index (χ2v) is 20.6. The number of aromatic nitrogens is 1. The van der Waals surface area contributed by atoms with Crippen molar-refractivity contribution in [3.05, 3.63) is 245 Å². The lowest BCUT2D eigenvalue weighted by molar-refractivity contribution is 0.656. The topological polar surface area (TPSA) is 8.17 Å². The average molecular weight is 887 g/mol. The van der Waals surface area contributed by atoms with E-state index in [1.165, 1.54) is 106 Å². The molecule has 4 aliphatic rings. The molecule has 332 valence electrons. The van der Waals surface area contributed by atoms with Crippen LogP contribution in [0.4, 0.5) is 17.1 Å². The first kappa shape index (κ1) is 41.3. The van der Waals surface area contributed by atoms with E-state index in [2.05, 4.69) is 249 Å². The summed E-state index contributed by atoms with van der Waals surface area (Å²) in [5.41, 5.74) is 23.3. The molecule has 8 aromatic carbocycles. The maximum absolute atomic E-state index is 3.30. The van der Waals surface area contributed by atoms with Gasteiger partial charge in [-0.3, -0.25) is 0 Å². The zero-order chi connectivity index (χ0) is 46.4. The number of anilines is 3. The first-order valence-electron chi connectivity index (χ1n) is 24.8. The Hall–Kier alpha value is -7.86. The summed E-state index contributed by atoms with van der Waals surface area (Å²) in [6.45, 7) is 9.50. The molecule has 0 aliphatic heterocycles. The van der Waals surface area contributed by atoms with E-state index in [-0.39, 0.29) is 16.7 Å². The van der Waals surface area contributed by atoms with Gasteiger partial charge in [-0.05, 0) is 140 Å². The van der Waals surface area contributed by atoms with E-state index in [1.54, 1.807) is 0 Å². The number of benzene rings is 8. The molecular formula is C67H54N2. The van der Waals surface area contributed by atoms with Gasteiger partial charge in [-0.2, -0.15) is 0 Å². The van der Waals surface area contributed by atoms with Crippen LogP contribution in [0.3, 0.4) is 0 Å². The Balaban J connectivity index is 0.857. The van der Waals surface area contributed by atoms with Gasteiger partial charge in [0.15, 0.2) is 0 Å². The molecule has 0 radical (unpaired) electrons. The fourth-order valence-electron chi connectivity index (χ4n) is 12.6. The summed E-state index contributed by atoms with van der Waals surface area (Å²) < 4.78 is 2.52. The highest BCUT2D eigenvalue weighted by Crippen LogP contribution is 2.53. The molecule has 0 fully saturated rings. The fraction of sp³-hybridized carbons (Fsp3) is 0.164. The second-order valence-electron chi connectivity index (χ2n) is 20.6. The Morgan fingerprint density at radius 3 is 2.07 bits per heavy atom. The van der Waals surface area contributed by atoms with Gasteiger partial charge in [-0.1, -0.05) is 185 Å². The summed E-state index contributed by atoms with van der Waals surface area (Å²) in [6, 6.07) is 66.5. The average Bonchev–Trinajstić information content (AvgIpc) is 3.82. The zero-order valence-electron chi connectivity index (χ0n) is 39.8. The third-order valence-corrected chi connectivity index (χ3v) is 16.0. The van der Waals surface area contributed by atoms with E-state index < -0.39 is 0 Å². The molecule has 2 nitrogen and oxygen atoms in total. The molecule has 13 rings (SSSR count). The van der Waals surface area contributed by atoms with Gasteiger partial charge in [0.25, 0.3) is 0 Å².